The van der Waals surface area contributed by atoms with Crippen molar-refractivity contribution in [1.82, 2.24) is 0 Å². The van der Waals surface area contributed by atoms with Gasteiger partial charge in [-0.1, -0.05) is 22.6 Å². The van der Waals surface area contributed by atoms with Crippen LogP contribution in [0.15, 0.2) is 0 Å². The lowest BCUT2D eigenvalue weighted by Gasteiger charge is -2.42. The van der Waals surface area contributed by atoms with Gasteiger partial charge < -0.3 is 18.9 Å². The highest BCUT2D eigenvalue weighted by molar-refractivity contribution is 14.1. The van der Waals surface area contributed by atoms with Crippen molar-refractivity contribution < 1.29 is 18.9 Å². The lowest BCUT2D eigenvalue weighted by molar-refractivity contribution is -0.242. The first kappa shape index (κ1) is 13.6. The minimum absolute atomic E-state index is 0.0116. The Morgan fingerprint density at radius 2 is 1.87 bits per heavy atom. The molecule has 0 aromatic heterocycles. The molecule has 1 aliphatic heterocycles. The quantitative estimate of drug-likeness (QED) is 0.580. The van der Waals surface area contributed by atoms with E-state index in [1.54, 1.807) is 14.2 Å². The van der Waals surface area contributed by atoms with Crippen molar-refractivity contribution in [1.29, 1.82) is 0 Å². The fourth-order valence-corrected chi connectivity index (χ4v) is 2.94. The largest absolute Gasteiger partial charge is 0.376 e. The summed E-state index contributed by atoms with van der Waals surface area (Å²) in [7, 11) is 3.34. The highest BCUT2D eigenvalue weighted by Gasteiger charge is 2.44. The average molecular weight is 330 g/mol. The Hall–Kier alpha value is 0.570. The molecule has 1 rings (SSSR count). The second-order valence-corrected chi connectivity index (χ2v) is 4.95. The maximum Gasteiger partial charge on any atom is 0.171 e. The van der Waals surface area contributed by atoms with Crippen LogP contribution in [0, 0.1) is 0 Å². The van der Waals surface area contributed by atoms with Crippen LogP contribution in [0.2, 0.25) is 0 Å². The smallest absolute Gasteiger partial charge is 0.171 e. The molecular formula is C10H19IO4. The third kappa shape index (κ3) is 3.03. The molecule has 5 heteroatoms. The number of halogens is 1. The number of alkyl halides is 1. The minimum Gasteiger partial charge on any atom is -0.376 e. The fourth-order valence-electron chi connectivity index (χ4n) is 1.86. The number of rotatable bonds is 4. The zero-order chi connectivity index (χ0) is 11.4. The zero-order valence-electron chi connectivity index (χ0n) is 9.60. The van der Waals surface area contributed by atoms with Crippen molar-refractivity contribution >= 4 is 22.6 Å². The minimum atomic E-state index is -0.219. The summed E-state index contributed by atoms with van der Waals surface area (Å²) >= 11 is 2.30. The van der Waals surface area contributed by atoms with E-state index in [0.717, 1.165) is 0 Å². The molecule has 0 radical (unpaired) electrons. The summed E-state index contributed by atoms with van der Waals surface area (Å²) in [4.78, 5) is 0. The van der Waals surface area contributed by atoms with E-state index in [9.17, 15) is 0 Å². The molecular weight excluding hydrogens is 311 g/mol. The Morgan fingerprint density at radius 3 is 2.33 bits per heavy atom. The molecule has 0 aromatic carbocycles. The summed E-state index contributed by atoms with van der Waals surface area (Å²) in [5, 5.41) is 0. The third-order valence-electron chi connectivity index (χ3n) is 2.57. The summed E-state index contributed by atoms with van der Waals surface area (Å²) < 4.78 is 22.2. The molecule has 0 amide bonds. The van der Waals surface area contributed by atoms with Gasteiger partial charge in [0.05, 0.1) is 10.0 Å². The van der Waals surface area contributed by atoms with Crippen molar-refractivity contribution in [2.24, 2.45) is 0 Å². The molecule has 1 saturated heterocycles. The Bertz CT molecular complexity index is 190. The van der Waals surface area contributed by atoms with Gasteiger partial charge in [-0.05, 0) is 13.8 Å². The number of ether oxygens (including phenoxy) is 4. The second-order valence-electron chi connectivity index (χ2n) is 3.51. The van der Waals surface area contributed by atoms with Crippen molar-refractivity contribution in [3.05, 3.63) is 0 Å². The first-order chi connectivity index (χ1) is 7.15. The molecule has 0 bridgehead atoms. The molecule has 15 heavy (non-hydrogen) atoms. The highest BCUT2D eigenvalue weighted by Crippen LogP contribution is 2.30. The molecule has 5 atom stereocenters. The van der Waals surface area contributed by atoms with Gasteiger partial charge in [0.2, 0.25) is 0 Å². The predicted molar refractivity (Wildman–Crippen MR) is 65.4 cm³/mol. The van der Waals surface area contributed by atoms with Gasteiger partial charge in [0, 0.05) is 20.8 Å². The van der Waals surface area contributed by atoms with E-state index in [-0.39, 0.29) is 28.5 Å². The van der Waals surface area contributed by atoms with Gasteiger partial charge >= 0.3 is 0 Å². The lowest BCUT2D eigenvalue weighted by atomic mass is 10.0. The fraction of sp³-hybridized carbons (Fsp3) is 1.00. The number of hydrogen-bond donors (Lipinski definition) is 0. The van der Waals surface area contributed by atoms with E-state index >= 15 is 0 Å². The molecule has 1 fully saturated rings. The van der Waals surface area contributed by atoms with Crippen LogP contribution in [-0.2, 0) is 18.9 Å². The molecule has 0 saturated carbocycles. The van der Waals surface area contributed by atoms with Crippen LogP contribution < -0.4 is 0 Å². The Morgan fingerprint density at radius 1 is 1.20 bits per heavy atom. The van der Waals surface area contributed by atoms with E-state index in [1.807, 2.05) is 13.8 Å². The first-order valence-corrected chi connectivity index (χ1v) is 6.37. The third-order valence-corrected chi connectivity index (χ3v) is 3.87. The predicted octanol–water partition coefficient (Wildman–Crippen LogP) is 1.60. The number of methoxy groups -OCH3 is 2. The highest BCUT2D eigenvalue weighted by atomic mass is 127. The molecule has 1 aliphatic rings. The van der Waals surface area contributed by atoms with Gasteiger partial charge in [0.1, 0.15) is 12.2 Å². The van der Waals surface area contributed by atoms with Gasteiger partial charge in [-0.2, -0.15) is 0 Å². The van der Waals surface area contributed by atoms with Gasteiger partial charge in [0.25, 0.3) is 0 Å². The summed E-state index contributed by atoms with van der Waals surface area (Å²) in [6.45, 7) is 4.64. The van der Waals surface area contributed by atoms with Gasteiger partial charge in [-0.3, -0.25) is 0 Å². The molecule has 1 unspecified atom stereocenters. The summed E-state index contributed by atoms with van der Waals surface area (Å²) in [5.41, 5.74) is 0. The summed E-state index contributed by atoms with van der Waals surface area (Å²) in [6.07, 6.45) is -0.237. The van der Waals surface area contributed by atoms with Crippen LogP contribution in [0.3, 0.4) is 0 Å². The van der Waals surface area contributed by atoms with E-state index < -0.39 is 0 Å². The zero-order valence-corrected chi connectivity index (χ0v) is 11.8. The van der Waals surface area contributed by atoms with Crippen molar-refractivity contribution in [2.75, 3.05) is 20.8 Å². The molecule has 4 nitrogen and oxygen atoms in total. The Labute approximate surface area is 105 Å². The maximum absolute atomic E-state index is 5.71. The SMILES string of the molecule is CCO[C@H]1C(I)[C@H](OC)O[C@@H](C)[C@@H]1OC. The standard InChI is InChI=1S/C10H19IO4/c1-5-14-9-7(11)10(13-4)15-6(2)8(9)12-3/h6-10H,5H2,1-4H3/t6-,7?,8-,9-,10+/m0/s1. The molecule has 0 aliphatic carbocycles. The van der Waals surface area contributed by atoms with E-state index in [4.69, 9.17) is 18.9 Å². The Balaban J connectivity index is 2.73. The van der Waals surface area contributed by atoms with Crippen LogP contribution in [-0.4, -0.2) is 49.4 Å². The molecule has 0 spiro atoms. The van der Waals surface area contributed by atoms with Gasteiger partial charge in [-0.25, -0.2) is 0 Å². The average Bonchev–Trinajstić information content (AvgIpc) is 2.23. The van der Waals surface area contributed by atoms with Crippen LogP contribution in [0.5, 0.6) is 0 Å². The van der Waals surface area contributed by atoms with Crippen molar-refractivity contribution in [3.8, 4) is 0 Å². The molecule has 0 N–H and O–H groups in total. The van der Waals surface area contributed by atoms with Crippen LogP contribution in [0.25, 0.3) is 0 Å². The number of hydrogen-bond acceptors (Lipinski definition) is 4. The Kier molecular flexibility index (Phi) is 5.76. The topological polar surface area (TPSA) is 36.9 Å². The first-order valence-electron chi connectivity index (χ1n) is 5.12. The second kappa shape index (κ2) is 6.34. The monoisotopic (exact) mass is 330 g/mol. The van der Waals surface area contributed by atoms with Crippen molar-refractivity contribution in [3.63, 3.8) is 0 Å². The van der Waals surface area contributed by atoms with Gasteiger partial charge in [-0.15, -0.1) is 0 Å². The van der Waals surface area contributed by atoms with E-state index in [1.165, 1.54) is 0 Å². The maximum atomic E-state index is 5.71. The normalized spacial score (nSPS) is 41.8. The van der Waals surface area contributed by atoms with Crippen LogP contribution >= 0.6 is 22.6 Å². The molecule has 0 aromatic rings. The molecule has 90 valence electrons. The van der Waals surface area contributed by atoms with E-state index in [0.29, 0.717) is 6.61 Å². The van der Waals surface area contributed by atoms with Gasteiger partial charge in [0.15, 0.2) is 6.29 Å². The van der Waals surface area contributed by atoms with Crippen LogP contribution in [0.1, 0.15) is 13.8 Å². The summed E-state index contributed by atoms with van der Waals surface area (Å²) in [5.74, 6) is 0. The molecule has 1 heterocycles. The van der Waals surface area contributed by atoms with E-state index in [2.05, 4.69) is 22.6 Å². The van der Waals surface area contributed by atoms with Crippen molar-refractivity contribution in [2.45, 2.75) is 42.4 Å². The van der Waals surface area contributed by atoms with Crippen LogP contribution in [0.4, 0.5) is 0 Å². The lowest BCUT2D eigenvalue weighted by Crippen LogP contribution is -2.56. The summed E-state index contributed by atoms with van der Waals surface area (Å²) in [6, 6.07) is 0.